The molecule has 2 atom stereocenters. The lowest BCUT2D eigenvalue weighted by Crippen LogP contribution is -2.47. The number of hydrogen-bond acceptors (Lipinski definition) is 4. The lowest BCUT2D eigenvalue weighted by atomic mass is 9.90. The van der Waals surface area contributed by atoms with Crippen LogP contribution in [0.5, 0.6) is 5.75 Å². The highest BCUT2D eigenvalue weighted by Gasteiger charge is 2.39. The first-order valence-corrected chi connectivity index (χ1v) is 8.89. The summed E-state index contributed by atoms with van der Waals surface area (Å²) in [6.45, 7) is 4.01. The molecule has 1 N–H and O–H groups in total. The van der Waals surface area contributed by atoms with Crippen LogP contribution in [0.4, 0.5) is 4.79 Å². The van der Waals surface area contributed by atoms with Crippen LogP contribution in [-0.4, -0.2) is 35.2 Å². The molecular weight excluding hydrogens is 346 g/mol. The molecule has 0 aromatic heterocycles. The fourth-order valence-corrected chi connectivity index (χ4v) is 3.26. The largest absolute Gasteiger partial charge is 0.482 e. The summed E-state index contributed by atoms with van der Waals surface area (Å²) in [6.07, 6.45) is 0.319. The fourth-order valence-electron chi connectivity index (χ4n) is 3.26. The molecule has 1 heterocycles. The van der Waals surface area contributed by atoms with E-state index in [0.29, 0.717) is 18.7 Å². The third-order valence-corrected chi connectivity index (χ3v) is 4.93. The third kappa shape index (κ3) is 4.22. The van der Waals surface area contributed by atoms with Crippen LogP contribution in [0, 0.1) is 0 Å². The van der Waals surface area contributed by atoms with Crippen LogP contribution in [0.3, 0.4) is 0 Å². The average Bonchev–Trinajstić information content (AvgIpc) is 2.67. The van der Waals surface area contributed by atoms with Crippen molar-refractivity contribution in [3.05, 3.63) is 65.7 Å². The minimum atomic E-state index is -1.03. The lowest BCUT2D eigenvalue weighted by molar-refractivity contribution is -0.139. The molecule has 142 valence electrons. The summed E-state index contributed by atoms with van der Waals surface area (Å²) < 4.78 is 11.0. The topological polar surface area (TPSA) is 76.1 Å². The average molecular weight is 369 g/mol. The van der Waals surface area contributed by atoms with Crippen molar-refractivity contribution in [2.24, 2.45) is 0 Å². The summed E-state index contributed by atoms with van der Waals surface area (Å²) in [7, 11) is 0. The minimum Gasteiger partial charge on any atom is -0.482 e. The monoisotopic (exact) mass is 369 g/mol. The second-order valence-electron chi connectivity index (χ2n) is 6.84. The zero-order chi connectivity index (χ0) is 19.4. The van der Waals surface area contributed by atoms with Crippen molar-refractivity contribution in [2.45, 2.75) is 31.9 Å². The van der Waals surface area contributed by atoms with Crippen LogP contribution in [0.2, 0.25) is 0 Å². The number of hydrogen-bond donors (Lipinski definition) is 1. The Morgan fingerprint density at radius 1 is 1.26 bits per heavy atom. The second kappa shape index (κ2) is 7.70. The van der Waals surface area contributed by atoms with Gasteiger partial charge in [0.25, 0.3) is 0 Å². The molecule has 1 saturated heterocycles. The van der Waals surface area contributed by atoms with Gasteiger partial charge in [-0.3, -0.25) is 0 Å². The second-order valence-corrected chi connectivity index (χ2v) is 6.84. The van der Waals surface area contributed by atoms with Gasteiger partial charge in [-0.15, -0.1) is 0 Å². The number of carbonyl (C=O) groups is 2. The van der Waals surface area contributed by atoms with Gasteiger partial charge in [0.1, 0.15) is 11.4 Å². The van der Waals surface area contributed by atoms with E-state index in [2.05, 4.69) is 0 Å². The molecule has 6 heteroatoms. The van der Waals surface area contributed by atoms with E-state index in [1.165, 1.54) is 0 Å². The van der Waals surface area contributed by atoms with Crippen molar-refractivity contribution in [3.63, 3.8) is 0 Å². The fraction of sp³-hybridized carbons (Fsp3) is 0.333. The van der Waals surface area contributed by atoms with Gasteiger partial charge in [-0.2, -0.15) is 0 Å². The van der Waals surface area contributed by atoms with Crippen LogP contribution >= 0.6 is 0 Å². The highest BCUT2D eigenvalue weighted by Crippen LogP contribution is 2.36. The van der Waals surface area contributed by atoms with Crippen LogP contribution < -0.4 is 4.74 Å². The molecule has 2 aromatic carbocycles. The van der Waals surface area contributed by atoms with Crippen molar-refractivity contribution in [3.8, 4) is 5.75 Å². The molecule has 2 aromatic rings. The van der Waals surface area contributed by atoms with Gasteiger partial charge in [0, 0.05) is 13.0 Å². The molecule has 0 aliphatic carbocycles. The van der Waals surface area contributed by atoms with E-state index < -0.39 is 18.2 Å². The van der Waals surface area contributed by atoms with Crippen LogP contribution in [0.25, 0.3) is 0 Å². The van der Waals surface area contributed by atoms with Gasteiger partial charge >= 0.3 is 12.1 Å². The minimum absolute atomic E-state index is 0.216. The maximum Gasteiger partial charge on any atom is 0.411 e. The molecule has 0 saturated carbocycles. The van der Waals surface area contributed by atoms with Crippen molar-refractivity contribution in [2.75, 3.05) is 13.2 Å². The van der Waals surface area contributed by atoms with Gasteiger partial charge in [-0.25, -0.2) is 9.59 Å². The summed E-state index contributed by atoms with van der Waals surface area (Å²) in [5.74, 6) is -0.575. The Labute approximate surface area is 158 Å². The predicted molar refractivity (Wildman–Crippen MR) is 99.6 cm³/mol. The van der Waals surface area contributed by atoms with E-state index in [4.69, 9.17) is 14.6 Å². The molecule has 0 spiro atoms. The maximum atomic E-state index is 12.7. The molecular formula is C21H23NO5. The van der Waals surface area contributed by atoms with Gasteiger partial charge in [0.05, 0.1) is 6.04 Å². The zero-order valence-corrected chi connectivity index (χ0v) is 15.4. The summed E-state index contributed by atoms with van der Waals surface area (Å²) in [5, 5.41) is 8.74. The molecule has 3 rings (SSSR count). The lowest BCUT2D eigenvalue weighted by Gasteiger charge is -2.41. The SMILES string of the molecule is C[C@@H](c1cccc(OCC(=O)O)c1)N1CC[C@](C)(c2ccccc2)OC1=O. The Balaban J connectivity index is 1.72. The number of aliphatic carboxylic acids is 1. The highest BCUT2D eigenvalue weighted by atomic mass is 16.6. The first kappa shape index (κ1) is 18.8. The van der Waals surface area contributed by atoms with Gasteiger partial charge in [-0.05, 0) is 37.1 Å². The maximum absolute atomic E-state index is 12.7. The first-order valence-electron chi connectivity index (χ1n) is 8.89. The quantitative estimate of drug-likeness (QED) is 0.834. The molecule has 0 unspecified atom stereocenters. The number of cyclic esters (lactones) is 1. The van der Waals surface area contributed by atoms with Gasteiger partial charge in [0.2, 0.25) is 0 Å². The molecule has 27 heavy (non-hydrogen) atoms. The molecule has 1 fully saturated rings. The Morgan fingerprint density at radius 2 is 2.00 bits per heavy atom. The molecule has 1 amide bonds. The number of carboxylic acids is 1. The van der Waals surface area contributed by atoms with E-state index in [9.17, 15) is 9.59 Å². The number of ether oxygens (including phenoxy) is 2. The number of carboxylic acid groups (broad SMARTS) is 1. The van der Waals surface area contributed by atoms with Gasteiger partial charge in [-0.1, -0.05) is 42.5 Å². The number of amides is 1. The molecule has 0 radical (unpaired) electrons. The number of rotatable bonds is 6. The Bertz CT molecular complexity index is 822. The Hall–Kier alpha value is -3.02. The number of benzene rings is 2. The van der Waals surface area contributed by atoms with Crippen molar-refractivity contribution < 1.29 is 24.2 Å². The first-order chi connectivity index (χ1) is 12.9. The van der Waals surface area contributed by atoms with Crippen molar-refractivity contribution in [1.82, 2.24) is 4.90 Å². The molecule has 6 nitrogen and oxygen atoms in total. The van der Waals surface area contributed by atoms with E-state index in [1.807, 2.05) is 50.2 Å². The molecule has 1 aliphatic rings. The number of carbonyl (C=O) groups excluding carboxylic acids is 1. The molecule has 0 bridgehead atoms. The molecule has 1 aliphatic heterocycles. The predicted octanol–water partition coefficient (Wildman–Crippen LogP) is 3.97. The summed E-state index contributed by atoms with van der Waals surface area (Å²) in [4.78, 5) is 25.0. The normalized spacial score (nSPS) is 20.7. The van der Waals surface area contributed by atoms with Crippen LogP contribution in [0.1, 0.15) is 37.4 Å². The van der Waals surface area contributed by atoms with E-state index in [-0.39, 0.29) is 12.1 Å². The Morgan fingerprint density at radius 3 is 2.67 bits per heavy atom. The van der Waals surface area contributed by atoms with Gasteiger partial charge in [0.15, 0.2) is 6.61 Å². The van der Waals surface area contributed by atoms with Gasteiger partial charge < -0.3 is 19.5 Å². The smallest absolute Gasteiger partial charge is 0.411 e. The summed E-state index contributed by atoms with van der Waals surface area (Å²) in [5.41, 5.74) is 1.20. The summed E-state index contributed by atoms with van der Waals surface area (Å²) in [6, 6.07) is 16.6. The van der Waals surface area contributed by atoms with Crippen LogP contribution in [0.15, 0.2) is 54.6 Å². The van der Waals surface area contributed by atoms with E-state index in [0.717, 1.165) is 11.1 Å². The number of nitrogens with zero attached hydrogens (tertiary/aromatic N) is 1. The van der Waals surface area contributed by atoms with Crippen LogP contribution in [-0.2, 0) is 15.1 Å². The summed E-state index contributed by atoms with van der Waals surface area (Å²) >= 11 is 0. The van der Waals surface area contributed by atoms with E-state index in [1.54, 1.807) is 23.1 Å². The highest BCUT2D eigenvalue weighted by molar-refractivity contribution is 5.70. The Kier molecular flexibility index (Phi) is 5.35. The zero-order valence-electron chi connectivity index (χ0n) is 15.4. The standard InChI is InChI=1S/C21H23NO5/c1-15(16-7-6-10-18(13-16)26-14-19(23)24)22-12-11-21(2,27-20(22)25)17-8-4-3-5-9-17/h3-10,13,15H,11-12,14H2,1-2H3,(H,23,24)/t15-,21+/m0/s1. The van der Waals surface area contributed by atoms with Crippen molar-refractivity contribution in [1.29, 1.82) is 0 Å². The third-order valence-electron chi connectivity index (χ3n) is 4.93. The van der Waals surface area contributed by atoms with Crippen molar-refractivity contribution >= 4 is 12.1 Å². The van der Waals surface area contributed by atoms with E-state index >= 15 is 0 Å².